The van der Waals surface area contributed by atoms with Crippen molar-refractivity contribution in [3.63, 3.8) is 0 Å². The third-order valence-corrected chi connectivity index (χ3v) is 5.02. The quantitative estimate of drug-likeness (QED) is 0.543. The number of halogens is 1. The van der Waals surface area contributed by atoms with Crippen LogP contribution in [-0.2, 0) is 6.42 Å². The molecule has 134 valence electrons. The lowest BCUT2D eigenvalue weighted by Gasteiger charge is -2.21. The number of rotatable bonds is 2. The van der Waals surface area contributed by atoms with Crippen molar-refractivity contribution in [3.8, 4) is 11.1 Å². The lowest BCUT2D eigenvalue weighted by Crippen LogP contribution is -2.24. The van der Waals surface area contributed by atoms with Gasteiger partial charge in [-0.15, -0.1) is 10.2 Å². The van der Waals surface area contributed by atoms with Gasteiger partial charge >= 0.3 is 0 Å². The van der Waals surface area contributed by atoms with Gasteiger partial charge in [-0.3, -0.25) is 4.79 Å². The normalized spacial score (nSPS) is 16.7. The Labute approximate surface area is 153 Å². The Kier molecular flexibility index (Phi) is 3.43. The van der Waals surface area contributed by atoms with E-state index in [1.54, 1.807) is 22.9 Å². The maximum absolute atomic E-state index is 13.3. The molecule has 0 N–H and O–H groups in total. The van der Waals surface area contributed by atoms with Crippen molar-refractivity contribution in [2.24, 2.45) is 0 Å². The van der Waals surface area contributed by atoms with Gasteiger partial charge in [0.15, 0.2) is 17.1 Å². The minimum Gasteiger partial charge on any atom is -0.469 e. The molecule has 27 heavy (non-hydrogen) atoms. The van der Waals surface area contributed by atoms with Crippen molar-refractivity contribution in [3.05, 3.63) is 71.3 Å². The molecule has 6 nitrogen and oxygen atoms in total. The standard InChI is InChI=1S/C20H15FN4O2/c1-11-18(12-4-6-14(21)7-5-12)20-23-22-19-15(25(20)24-11)9-13(10-16(19)26)17-3-2-8-27-17/h2-8,13H,9-10H2,1H3/t13-/m1/s1. The second-order valence-electron chi connectivity index (χ2n) is 6.74. The molecule has 0 radical (unpaired) electrons. The van der Waals surface area contributed by atoms with Gasteiger partial charge in [-0.2, -0.15) is 5.10 Å². The average Bonchev–Trinajstić information content (AvgIpc) is 3.30. The first-order valence-electron chi connectivity index (χ1n) is 8.69. The van der Waals surface area contributed by atoms with E-state index in [-0.39, 0.29) is 17.5 Å². The van der Waals surface area contributed by atoms with E-state index >= 15 is 0 Å². The summed E-state index contributed by atoms with van der Waals surface area (Å²) in [5, 5.41) is 13.1. The molecule has 3 aromatic heterocycles. The smallest absolute Gasteiger partial charge is 0.185 e. The molecule has 1 aliphatic carbocycles. The summed E-state index contributed by atoms with van der Waals surface area (Å²) in [6.45, 7) is 1.87. The van der Waals surface area contributed by atoms with Crippen molar-refractivity contribution in [1.29, 1.82) is 0 Å². The lowest BCUT2D eigenvalue weighted by atomic mass is 9.87. The van der Waals surface area contributed by atoms with E-state index in [9.17, 15) is 9.18 Å². The van der Waals surface area contributed by atoms with E-state index in [0.29, 0.717) is 24.2 Å². The number of carbonyl (C=O) groups is 1. The highest BCUT2D eigenvalue weighted by Crippen LogP contribution is 2.34. The number of Topliss-reactive ketones (excluding diaryl/α,β-unsaturated/α-hetero) is 1. The topological polar surface area (TPSA) is 73.3 Å². The van der Waals surface area contributed by atoms with Crippen molar-refractivity contribution in [1.82, 2.24) is 19.8 Å². The molecular formula is C20H15FN4O2. The maximum Gasteiger partial charge on any atom is 0.185 e. The SMILES string of the molecule is Cc1nn2c3c(nnc2c1-c1ccc(F)cc1)C(=O)C[C@H](c1ccco1)C3. The largest absolute Gasteiger partial charge is 0.469 e. The van der Waals surface area contributed by atoms with Gasteiger partial charge in [0.1, 0.15) is 11.6 Å². The molecule has 0 saturated heterocycles. The molecule has 1 aromatic carbocycles. The van der Waals surface area contributed by atoms with Gasteiger partial charge in [-0.05, 0) is 36.8 Å². The van der Waals surface area contributed by atoms with Crippen LogP contribution in [0.2, 0.25) is 0 Å². The molecule has 3 heterocycles. The summed E-state index contributed by atoms with van der Waals surface area (Å²) in [6, 6.07) is 9.89. The summed E-state index contributed by atoms with van der Waals surface area (Å²) in [4.78, 5) is 12.6. The van der Waals surface area contributed by atoms with E-state index in [2.05, 4.69) is 15.3 Å². The number of hydrogen-bond acceptors (Lipinski definition) is 5. The summed E-state index contributed by atoms with van der Waals surface area (Å²) in [7, 11) is 0. The Morgan fingerprint density at radius 3 is 2.70 bits per heavy atom. The van der Waals surface area contributed by atoms with Crippen LogP contribution in [0.5, 0.6) is 0 Å². The van der Waals surface area contributed by atoms with Crippen molar-refractivity contribution in [2.75, 3.05) is 0 Å². The summed E-state index contributed by atoms with van der Waals surface area (Å²) in [6.07, 6.45) is 2.54. The number of aryl methyl sites for hydroxylation is 1. The molecule has 0 saturated carbocycles. The summed E-state index contributed by atoms with van der Waals surface area (Å²) in [5.41, 5.74) is 4.00. The Morgan fingerprint density at radius 1 is 1.15 bits per heavy atom. The zero-order chi connectivity index (χ0) is 18.5. The van der Waals surface area contributed by atoms with Gasteiger partial charge in [0, 0.05) is 18.8 Å². The molecule has 7 heteroatoms. The Hall–Kier alpha value is -3.35. The van der Waals surface area contributed by atoms with Crippen LogP contribution >= 0.6 is 0 Å². The van der Waals surface area contributed by atoms with Crippen LogP contribution < -0.4 is 0 Å². The molecule has 4 aromatic rings. The molecule has 0 fully saturated rings. The minimum absolute atomic E-state index is 0.0498. The van der Waals surface area contributed by atoms with E-state index in [4.69, 9.17) is 4.42 Å². The number of carbonyl (C=O) groups excluding carboxylic acids is 1. The molecular weight excluding hydrogens is 347 g/mol. The predicted molar refractivity (Wildman–Crippen MR) is 95.0 cm³/mol. The molecule has 0 bridgehead atoms. The van der Waals surface area contributed by atoms with Crippen LogP contribution in [-0.4, -0.2) is 25.6 Å². The van der Waals surface area contributed by atoms with Gasteiger partial charge in [0.05, 0.1) is 23.2 Å². The first-order valence-corrected chi connectivity index (χ1v) is 8.69. The molecule has 1 aliphatic rings. The zero-order valence-corrected chi connectivity index (χ0v) is 14.5. The third kappa shape index (κ3) is 2.46. The van der Waals surface area contributed by atoms with Crippen LogP contribution in [0.1, 0.15) is 40.0 Å². The van der Waals surface area contributed by atoms with E-state index in [1.807, 2.05) is 19.1 Å². The summed E-state index contributed by atoms with van der Waals surface area (Å²) in [5.74, 6) is 0.361. The molecule has 0 unspecified atom stereocenters. The fourth-order valence-corrected chi connectivity index (χ4v) is 3.76. The van der Waals surface area contributed by atoms with Gasteiger partial charge < -0.3 is 4.42 Å². The number of nitrogens with zero attached hydrogens (tertiary/aromatic N) is 4. The van der Waals surface area contributed by atoms with Crippen LogP contribution in [0.4, 0.5) is 4.39 Å². The van der Waals surface area contributed by atoms with Crippen LogP contribution in [0, 0.1) is 12.7 Å². The predicted octanol–water partition coefficient (Wildman–Crippen LogP) is 3.74. The highest BCUT2D eigenvalue weighted by molar-refractivity contribution is 5.97. The first kappa shape index (κ1) is 15.9. The van der Waals surface area contributed by atoms with E-state index in [1.165, 1.54) is 12.1 Å². The second kappa shape index (κ2) is 5.84. The molecule has 0 aliphatic heterocycles. The number of ketones is 1. The number of benzene rings is 1. The highest BCUT2D eigenvalue weighted by Gasteiger charge is 2.32. The van der Waals surface area contributed by atoms with Gasteiger partial charge in [-0.25, -0.2) is 8.91 Å². The third-order valence-electron chi connectivity index (χ3n) is 5.02. The van der Waals surface area contributed by atoms with Crippen LogP contribution in [0.3, 0.4) is 0 Å². The molecule has 0 spiro atoms. The lowest BCUT2D eigenvalue weighted by molar-refractivity contribution is 0.0951. The van der Waals surface area contributed by atoms with Gasteiger partial charge in [-0.1, -0.05) is 12.1 Å². The van der Waals surface area contributed by atoms with Crippen LogP contribution in [0.25, 0.3) is 16.8 Å². The molecule has 1 atom stereocenters. The van der Waals surface area contributed by atoms with Crippen molar-refractivity contribution >= 4 is 11.4 Å². The number of fused-ring (bicyclic) bond motifs is 3. The van der Waals surface area contributed by atoms with Crippen molar-refractivity contribution in [2.45, 2.75) is 25.7 Å². The second-order valence-corrected chi connectivity index (χ2v) is 6.74. The molecule has 5 rings (SSSR count). The Bertz CT molecular complexity index is 1160. The Morgan fingerprint density at radius 2 is 1.96 bits per heavy atom. The average molecular weight is 362 g/mol. The fraction of sp³-hybridized carbons (Fsp3) is 0.200. The number of furan rings is 1. The summed E-state index contributed by atoms with van der Waals surface area (Å²) >= 11 is 0. The maximum atomic E-state index is 13.3. The Balaban J connectivity index is 1.69. The van der Waals surface area contributed by atoms with Gasteiger partial charge in [0.25, 0.3) is 0 Å². The molecule has 0 amide bonds. The van der Waals surface area contributed by atoms with Crippen molar-refractivity contribution < 1.29 is 13.6 Å². The zero-order valence-electron chi connectivity index (χ0n) is 14.5. The highest BCUT2D eigenvalue weighted by atomic mass is 19.1. The summed E-state index contributed by atoms with van der Waals surface area (Å²) < 4.78 is 20.5. The fourth-order valence-electron chi connectivity index (χ4n) is 3.76. The minimum atomic E-state index is -0.303. The van der Waals surface area contributed by atoms with E-state index in [0.717, 1.165) is 28.3 Å². The van der Waals surface area contributed by atoms with Gasteiger partial charge in [0.2, 0.25) is 0 Å². The van der Waals surface area contributed by atoms with Crippen LogP contribution in [0.15, 0.2) is 47.1 Å². The van der Waals surface area contributed by atoms with E-state index < -0.39 is 0 Å². The number of aromatic nitrogens is 4. The monoisotopic (exact) mass is 362 g/mol. The number of hydrogen-bond donors (Lipinski definition) is 0. The first-order chi connectivity index (χ1) is 13.1.